The molecule has 10 heteroatoms. The predicted molar refractivity (Wildman–Crippen MR) is 145 cm³/mol. The van der Waals surface area contributed by atoms with Crippen molar-refractivity contribution in [2.75, 3.05) is 11.9 Å². The molecule has 0 aromatic heterocycles. The standard InChI is InChI=1S/C25H17Br2ClN2O4S/c26-17-3-8-20(9-4-17)29-23(31)13-30-24(32)22(35-25(30)33)12-16-11-18(27)5-10-21(16)34-14-15-1-6-19(28)7-2-15/h1-12H,13-14H2,(H,29,31)/b22-12+. The summed E-state index contributed by atoms with van der Waals surface area (Å²) in [5, 5.41) is 2.81. The summed E-state index contributed by atoms with van der Waals surface area (Å²) in [6, 6.07) is 19.7. The van der Waals surface area contributed by atoms with E-state index in [9.17, 15) is 14.4 Å². The predicted octanol–water partition coefficient (Wildman–Crippen LogP) is 7.12. The van der Waals surface area contributed by atoms with Gasteiger partial charge in [-0.3, -0.25) is 19.3 Å². The van der Waals surface area contributed by atoms with Gasteiger partial charge >= 0.3 is 0 Å². The number of nitrogens with zero attached hydrogens (tertiary/aromatic N) is 1. The summed E-state index contributed by atoms with van der Waals surface area (Å²) >= 11 is 13.5. The molecular weight excluding hydrogens is 620 g/mol. The SMILES string of the molecule is O=C(CN1C(=O)S/C(=C/c2cc(Br)ccc2OCc2ccc(Cl)cc2)C1=O)Nc1ccc(Br)cc1. The van der Waals surface area contributed by atoms with E-state index >= 15 is 0 Å². The van der Waals surface area contributed by atoms with Crippen LogP contribution in [0, 0.1) is 0 Å². The van der Waals surface area contributed by atoms with Crippen LogP contribution < -0.4 is 10.1 Å². The molecule has 0 saturated carbocycles. The van der Waals surface area contributed by atoms with Gasteiger partial charge in [-0.2, -0.15) is 0 Å². The lowest BCUT2D eigenvalue weighted by molar-refractivity contribution is -0.127. The van der Waals surface area contributed by atoms with E-state index in [4.69, 9.17) is 16.3 Å². The van der Waals surface area contributed by atoms with E-state index in [1.54, 1.807) is 54.6 Å². The number of anilines is 1. The molecule has 178 valence electrons. The van der Waals surface area contributed by atoms with Crippen LogP contribution in [0.4, 0.5) is 10.5 Å². The zero-order chi connectivity index (χ0) is 24.9. The second-order valence-corrected chi connectivity index (χ2v) is 10.7. The van der Waals surface area contributed by atoms with Gasteiger partial charge in [0.1, 0.15) is 18.9 Å². The maximum absolute atomic E-state index is 12.9. The van der Waals surface area contributed by atoms with Crippen molar-refractivity contribution in [3.05, 3.63) is 96.7 Å². The average Bonchev–Trinajstić information content (AvgIpc) is 3.08. The number of ether oxygens (including phenoxy) is 1. The molecular formula is C25H17Br2ClN2O4S. The van der Waals surface area contributed by atoms with Crippen molar-refractivity contribution in [2.24, 2.45) is 0 Å². The molecule has 0 spiro atoms. The second kappa shape index (κ2) is 11.4. The molecule has 4 rings (SSSR count). The molecule has 3 aromatic carbocycles. The average molecular weight is 637 g/mol. The maximum atomic E-state index is 12.9. The minimum Gasteiger partial charge on any atom is -0.488 e. The second-order valence-electron chi connectivity index (χ2n) is 7.42. The fourth-order valence-electron chi connectivity index (χ4n) is 3.16. The number of hydrogen-bond donors (Lipinski definition) is 1. The lowest BCUT2D eigenvalue weighted by Crippen LogP contribution is -2.36. The first-order valence-corrected chi connectivity index (χ1v) is 13.0. The largest absolute Gasteiger partial charge is 0.488 e. The summed E-state index contributed by atoms with van der Waals surface area (Å²) in [6.45, 7) is -0.0756. The molecule has 1 N–H and O–H groups in total. The Morgan fingerprint density at radius 2 is 1.69 bits per heavy atom. The number of imide groups is 1. The molecule has 0 bridgehead atoms. The molecule has 0 atom stereocenters. The van der Waals surface area contributed by atoms with Crippen molar-refractivity contribution in [2.45, 2.75) is 6.61 Å². The number of thioether (sulfide) groups is 1. The number of amides is 3. The van der Waals surface area contributed by atoms with Gasteiger partial charge in [0.2, 0.25) is 5.91 Å². The Morgan fingerprint density at radius 3 is 2.40 bits per heavy atom. The Balaban J connectivity index is 1.47. The van der Waals surface area contributed by atoms with Crippen LogP contribution in [0.5, 0.6) is 5.75 Å². The van der Waals surface area contributed by atoms with Gasteiger partial charge in [0.05, 0.1) is 4.91 Å². The Bertz CT molecular complexity index is 1310. The number of carbonyl (C=O) groups is 3. The number of hydrogen-bond acceptors (Lipinski definition) is 5. The summed E-state index contributed by atoms with van der Waals surface area (Å²) in [5.41, 5.74) is 2.12. The van der Waals surface area contributed by atoms with Crippen LogP contribution in [-0.2, 0) is 16.2 Å². The minimum atomic E-state index is -0.533. The molecule has 6 nitrogen and oxygen atoms in total. The number of rotatable bonds is 7. The Hall–Kier alpha value is -2.59. The molecule has 1 fully saturated rings. The summed E-state index contributed by atoms with van der Waals surface area (Å²) in [5.74, 6) is -0.456. The van der Waals surface area contributed by atoms with Crippen molar-refractivity contribution in [3.8, 4) is 5.75 Å². The third-order valence-electron chi connectivity index (χ3n) is 4.87. The van der Waals surface area contributed by atoms with E-state index < -0.39 is 17.1 Å². The van der Waals surface area contributed by atoms with Gasteiger partial charge in [-0.1, -0.05) is 55.6 Å². The van der Waals surface area contributed by atoms with Crippen molar-refractivity contribution in [1.82, 2.24) is 4.90 Å². The zero-order valence-electron chi connectivity index (χ0n) is 18.0. The van der Waals surface area contributed by atoms with E-state index in [1.165, 1.54) is 0 Å². The molecule has 1 aliphatic heterocycles. The molecule has 0 aliphatic carbocycles. The summed E-state index contributed by atoms with van der Waals surface area (Å²) in [7, 11) is 0. The zero-order valence-corrected chi connectivity index (χ0v) is 22.7. The van der Waals surface area contributed by atoms with Crippen LogP contribution >= 0.6 is 55.2 Å². The highest BCUT2D eigenvalue weighted by atomic mass is 79.9. The highest BCUT2D eigenvalue weighted by molar-refractivity contribution is 9.10. The van der Waals surface area contributed by atoms with Gasteiger partial charge in [-0.15, -0.1) is 0 Å². The van der Waals surface area contributed by atoms with Crippen molar-refractivity contribution >= 4 is 84.0 Å². The molecule has 1 heterocycles. The number of halogens is 3. The summed E-state index contributed by atoms with van der Waals surface area (Å²) in [6.07, 6.45) is 1.60. The highest BCUT2D eigenvalue weighted by Gasteiger charge is 2.36. The topological polar surface area (TPSA) is 75.7 Å². The van der Waals surface area contributed by atoms with Crippen LogP contribution in [0.1, 0.15) is 11.1 Å². The summed E-state index contributed by atoms with van der Waals surface area (Å²) < 4.78 is 7.62. The van der Waals surface area contributed by atoms with Crippen LogP contribution in [0.15, 0.2) is 80.6 Å². The first-order valence-electron chi connectivity index (χ1n) is 10.3. The minimum absolute atomic E-state index is 0.209. The normalized spacial score (nSPS) is 14.5. The smallest absolute Gasteiger partial charge is 0.294 e. The van der Waals surface area contributed by atoms with Crippen LogP contribution in [-0.4, -0.2) is 28.5 Å². The van der Waals surface area contributed by atoms with E-state index in [0.717, 1.165) is 31.2 Å². The van der Waals surface area contributed by atoms with Crippen LogP contribution in [0.2, 0.25) is 5.02 Å². The van der Waals surface area contributed by atoms with E-state index in [-0.39, 0.29) is 11.4 Å². The van der Waals surface area contributed by atoms with Crippen molar-refractivity contribution in [3.63, 3.8) is 0 Å². The molecule has 0 radical (unpaired) electrons. The fourth-order valence-corrected chi connectivity index (χ4v) is 4.76. The highest BCUT2D eigenvalue weighted by Crippen LogP contribution is 2.35. The molecule has 3 aromatic rings. The molecule has 3 amide bonds. The van der Waals surface area contributed by atoms with Gasteiger partial charge in [0.25, 0.3) is 11.1 Å². The lowest BCUT2D eigenvalue weighted by atomic mass is 10.1. The van der Waals surface area contributed by atoms with Gasteiger partial charge in [-0.25, -0.2) is 0 Å². The Labute approximate surface area is 227 Å². The van der Waals surface area contributed by atoms with Crippen molar-refractivity contribution < 1.29 is 19.1 Å². The van der Waals surface area contributed by atoms with Gasteiger partial charge in [0, 0.05) is 25.2 Å². The quantitative estimate of drug-likeness (QED) is 0.280. The number of nitrogens with one attached hydrogen (secondary N) is 1. The molecule has 1 aliphatic rings. The first kappa shape index (κ1) is 25.5. The maximum Gasteiger partial charge on any atom is 0.294 e. The lowest BCUT2D eigenvalue weighted by Gasteiger charge is -2.13. The Kier molecular flexibility index (Phi) is 8.33. The van der Waals surface area contributed by atoms with E-state index in [2.05, 4.69) is 37.2 Å². The Morgan fingerprint density at radius 1 is 1.00 bits per heavy atom. The first-order chi connectivity index (χ1) is 16.8. The van der Waals surface area contributed by atoms with Gasteiger partial charge in [0.15, 0.2) is 0 Å². The molecule has 1 saturated heterocycles. The molecule has 0 unspecified atom stereocenters. The summed E-state index contributed by atoms with van der Waals surface area (Å²) in [4.78, 5) is 39.0. The van der Waals surface area contributed by atoms with Crippen molar-refractivity contribution in [1.29, 1.82) is 0 Å². The molecule has 35 heavy (non-hydrogen) atoms. The van der Waals surface area contributed by atoms with Gasteiger partial charge in [-0.05, 0) is 78.0 Å². The fraction of sp³-hybridized carbons (Fsp3) is 0.0800. The van der Waals surface area contributed by atoms with Crippen LogP contribution in [0.25, 0.3) is 6.08 Å². The number of carbonyl (C=O) groups excluding carboxylic acids is 3. The monoisotopic (exact) mass is 634 g/mol. The third-order valence-corrected chi connectivity index (χ3v) is 7.05. The van der Waals surface area contributed by atoms with E-state index in [0.29, 0.717) is 28.6 Å². The van der Waals surface area contributed by atoms with E-state index in [1.807, 2.05) is 18.2 Å². The third kappa shape index (κ3) is 6.76. The number of benzene rings is 3. The van der Waals surface area contributed by atoms with Crippen LogP contribution in [0.3, 0.4) is 0 Å². The van der Waals surface area contributed by atoms with Gasteiger partial charge < -0.3 is 10.1 Å².